The Hall–Kier alpha value is -1.43. The number of nitrogens with two attached hydrogens (primary N) is 1. The molecular formula is C21H30N2O3. The van der Waals surface area contributed by atoms with Gasteiger partial charge in [0, 0.05) is 32.4 Å². The molecule has 0 aromatic heterocycles. The highest BCUT2D eigenvalue weighted by Gasteiger charge is 2.52. The summed E-state index contributed by atoms with van der Waals surface area (Å²) in [5.41, 5.74) is 7.24. The molecule has 2 saturated carbocycles. The predicted octanol–water partition coefficient (Wildman–Crippen LogP) is 2.72. The third-order valence-corrected chi connectivity index (χ3v) is 6.50. The third-order valence-electron chi connectivity index (χ3n) is 6.50. The maximum Gasteiger partial charge on any atom is 0.254 e. The van der Waals surface area contributed by atoms with Crippen molar-refractivity contribution in [2.45, 2.75) is 62.8 Å². The number of likely N-dealkylation sites (tertiary alicyclic amines) is 1. The van der Waals surface area contributed by atoms with Crippen molar-refractivity contribution in [3.05, 3.63) is 35.4 Å². The fourth-order valence-electron chi connectivity index (χ4n) is 4.56. The molecule has 4 rings (SSSR count). The number of amides is 1. The van der Waals surface area contributed by atoms with Gasteiger partial charge in [-0.25, -0.2) is 0 Å². The number of rotatable bonds is 6. The summed E-state index contributed by atoms with van der Waals surface area (Å²) in [7, 11) is 1.79. The Balaban J connectivity index is 1.48. The standard InChI is InChI=1S/C21H30N2O3/c1-25-21-9-8-18(26-14-16-2-3-16)12-19(21)23(11-10-21)20(24)17-6-4-15(13-22)5-7-17/h4-7,16,18-19H,2-3,8-14,22H2,1H3/t18?,19?,21-/m1/s1. The van der Waals surface area contributed by atoms with Crippen LogP contribution in [0, 0.1) is 5.92 Å². The van der Waals surface area contributed by atoms with Gasteiger partial charge in [-0.2, -0.15) is 0 Å². The molecule has 0 spiro atoms. The molecule has 26 heavy (non-hydrogen) atoms. The molecule has 3 aliphatic rings. The summed E-state index contributed by atoms with van der Waals surface area (Å²) in [6.45, 7) is 2.13. The van der Waals surface area contributed by atoms with E-state index in [-0.39, 0.29) is 23.7 Å². The van der Waals surface area contributed by atoms with E-state index in [2.05, 4.69) is 0 Å². The molecule has 142 valence electrons. The first-order chi connectivity index (χ1) is 12.6. The lowest BCUT2D eigenvalue weighted by atomic mass is 9.79. The summed E-state index contributed by atoms with van der Waals surface area (Å²) in [4.78, 5) is 15.2. The number of carbonyl (C=O) groups excluding carboxylic acids is 1. The van der Waals surface area contributed by atoms with Gasteiger partial charge >= 0.3 is 0 Å². The van der Waals surface area contributed by atoms with Crippen LogP contribution in [-0.4, -0.2) is 48.8 Å². The van der Waals surface area contributed by atoms with Crippen LogP contribution >= 0.6 is 0 Å². The fraction of sp³-hybridized carbons (Fsp3) is 0.667. The minimum Gasteiger partial charge on any atom is -0.378 e. The van der Waals surface area contributed by atoms with Crippen molar-refractivity contribution in [1.29, 1.82) is 0 Å². The second-order valence-corrected chi connectivity index (χ2v) is 8.11. The van der Waals surface area contributed by atoms with Crippen LogP contribution in [0.5, 0.6) is 0 Å². The number of methoxy groups -OCH3 is 1. The molecule has 1 amide bonds. The smallest absolute Gasteiger partial charge is 0.254 e. The lowest BCUT2D eigenvalue weighted by Gasteiger charge is -2.43. The van der Waals surface area contributed by atoms with E-state index in [9.17, 15) is 4.79 Å². The van der Waals surface area contributed by atoms with Gasteiger partial charge in [0.2, 0.25) is 0 Å². The zero-order valence-electron chi connectivity index (χ0n) is 15.7. The second kappa shape index (κ2) is 7.29. The second-order valence-electron chi connectivity index (χ2n) is 8.11. The van der Waals surface area contributed by atoms with E-state index in [0.717, 1.165) is 55.9 Å². The van der Waals surface area contributed by atoms with Crippen LogP contribution in [0.1, 0.15) is 54.4 Å². The van der Waals surface area contributed by atoms with E-state index in [4.69, 9.17) is 15.2 Å². The van der Waals surface area contributed by atoms with Crippen molar-refractivity contribution in [3.63, 3.8) is 0 Å². The zero-order chi connectivity index (χ0) is 18.1. The Kier molecular flexibility index (Phi) is 5.04. The van der Waals surface area contributed by atoms with Crippen LogP contribution in [0.25, 0.3) is 0 Å². The molecule has 1 aliphatic heterocycles. The number of fused-ring (bicyclic) bond motifs is 1. The van der Waals surface area contributed by atoms with Gasteiger partial charge in [-0.1, -0.05) is 12.1 Å². The monoisotopic (exact) mass is 358 g/mol. The van der Waals surface area contributed by atoms with Gasteiger partial charge < -0.3 is 20.1 Å². The summed E-state index contributed by atoms with van der Waals surface area (Å²) in [5.74, 6) is 0.867. The molecule has 1 heterocycles. The van der Waals surface area contributed by atoms with E-state index < -0.39 is 0 Å². The molecular weight excluding hydrogens is 328 g/mol. The predicted molar refractivity (Wildman–Crippen MR) is 99.8 cm³/mol. The summed E-state index contributed by atoms with van der Waals surface area (Å²) in [6, 6.07) is 7.76. The molecule has 5 heteroatoms. The lowest BCUT2D eigenvalue weighted by Crippen LogP contribution is -2.53. The minimum absolute atomic E-state index is 0.0975. The highest BCUT2D eigenvalue weighted by atomic mass is 16.5. The van der Waals surface area contributed by atoms with Crippen LogP contribution < -0.4 is 5.73 Å². The molecule has 1 aromatic carbocycles. The number of benzene rings is 1. The average Bonchev–Trinajstić information content (AvgIpc) is 3.45. The highest BCUT2D eigenvalue weighted by Crippen LogP contribution is 2.44. The molecule has 1 aromatic rings. The summed E-state index contributed by atoms with van der Waals surface area (Å²) >= 11 is 0. The topological polar surface area (TPSA) is 64.8 Å². The molecule has 3 fully saturated rings. The van der Waals surface area contributed by atoms with E-state index in [1.54, 1.807) is 7.11 Å². The molecule has 2 unspecified atom stereocenters. The molecule has 0 radical (unpaired) electrons. The van der Waals surface area contributed by atoms with Crippen LogP contribution in [0.4, 0.5) is 0 Å². The van der Waals surface area contributed by atoms with Crippen LogP contribution in [-0.2, 0) is 16.0 Å². The summed E-state index contributed by atoms with van der Waals surface area (Å²) < 4.78 is 12.1. The van der Waals surface area contributed by atoms with E-state index in [1.165, 1.54) is 12.8 Å². The molecule has 1 saturated heterocycles. The van der Waals surface area contributed by atoms with Gasteiger partial charge in [-0.3, -0.25) is 4.79 Å². The molecule has 5 nitrogen and oxygen atoms in total. The number of ether oxygens (including phenoxy) is 2. The van der Waals surface area contributed by atoms with Crippen molar-refractivity contribution in [3.8, 4) is 0 Å². The zero-order valence-corrected chi connectivity index (χ0v) is 15.7. The van der Waals surface area contributed by atoms with Gasteiger partial charge in [0.25, 0.3) is 5.91 Å². The minimum atomic E-state index is -0.202. The SMILES string of the molecule is CO[C@@]12CCC(OCC3CC3)CC1N(C(=O)c1ccc(CN)cc1)CC2. The van der Waals surface area contributed by atoms with Gasteiger partial charge in [0.1, 0.15) is 0 Å². The van der Waals surface area contributed by atoms with Gasteiger partial charge in [0.15, 0.2) is 0 Å². The first kappa shape index (κ1) is 18.0. The highest BCUT2D eigenvalue weighted by molar-refractivity contribution is 5.94. The Morgan fingerprint density at radius 1 is 1.23 bits per heavy atom. The van der Waals surface area contributed by atoms with Crippen molar-refractivity contribution in [1.82, 2.24) is 4.90 Å². The Bertz CT molecular complexity index is 643. The van der Waals surface area contributed by atoms with E-state index >= 15 is 0 Å². The normalized spacial score (nSPS) is 31.1. The van der Waals surface area contributed by atoms with Gasteiger partial charge in [0.05, 0.1) is 17.7 Å². The van der Waals surface area contributed by atoms with Gasteiger partial charge in [-0.05, 0) is 62.1 Å². The van der Waals surface area contributed by atoms with Crippen LogP contribution in [0.3, 0.4) is 0 Å². The van der Waals surface area contributed by atoms with Crippen molar-refractivity contribution in [2.24, 2.45) is 11.7 Å². The van der Waals surface area contributed by atoms with Crippen LogP contribution in [0.15, 0.2) is 24.3 Å². The lowest BCUT2D eigenvalue weighted by molar-refractivity contribution is -0.0977. The van der Waals surface area contributed by atoms with Crippen LogP contribution in [0.2, 0.25) is 0 Å². The molecule has 2 aliphatic carbocycles. The van der Waals surface area contributed by atoms with Crippen molar-refractivity contribution in [2.75, 3.05) is 20.3 Å². The van der Waals surface area contributed by atoms with E-state index in [0.29, 0.717) is 6.54 Å². The molecule has 3 atom stereocenters. The average molecular weight is 358 g/mol. The Labute approximate surface area is 155 Å². The van der Waals surface area contributed by atoms with Gasteiger partial charge in [-0.15, -0.1) is 0 Å². The summed E-state index contributed by atoms with van der Waals surface area (Å²) in [5, 5.41) is 0. The maximum absolute atomic E-state index is 13.1. The quantitative estimate of drug-likeness (QED) is 0.849. The first-order valence-electron chi connectivity index (χ1n) is 9.92. The fourth-order valence-corrected chi connectivity index (χ4v) is 4.56. The van der Waals surface area contributed by atoms with Crippen molar-refractivity contribution >= 4 is 5.91 Å². The largest absolute Gasteiger partial charge is 0.378 e. The number of nitrogens with zero attached hydrogens (tertiary/aromatic N) is 1. The number of hydrogen-bond donors (Lipinski definition) is 1. The third kappa shape index (κ3) is 3.40. The first-order valence-corrected chi connectivity index (χ1v) is 9.92. The van der Waals surface area contributed by atoms with Crippen molar-refractivity contribution < 1.29 is 14.3 Å². The number of hydrogen-bond acceptors (Lipinski definition) is 4. The molecule has 2 N–H and O–H groups in total. The van der Waals surface area contributed by atoms with E-state index in [1.807, 2.05) is 29.2 Å². The molecule has 0 bridgehead atoms. The Morgan fingerprint density at radius 2 is 2.00 bits per heavy atom. The maximum atomic E-state index is 13.1. The Morgan fingerprint density at radius 3 is 2.65 bits per heavy atom. The summed E-state index contributed by atoms with van der Waals surface area (Å²) in [6.07, 6.45) is 6.66. The number of carbonyl (C=O) groups is 1.